The van der Waals surface area contributed by atoms with E-state index in [0.29, 0.717) is 10.8 Å². The lowest BCUT2D eigenvalue weighted by Crippen LogP contribution is -2.22. The Morgan fingerprint density at radius 2 is 2.27 bits per heavy atom. The first kappa shape index (κ1) is 10.4. The number of carbonyl (C=O) groups excluding carboxylic acids is 1. The van der Waals surface area contributed by atoms with Crippen molar-refractivity contribution in [1.29, 1.82) is 0 Å². The summed E-state index contributed by atoms with van der Waals surface area (Å²) in [4.78, 5) is 21.0. The average molecular weight is 223 g/mol. The van der Waals surface area contributed by atoms with Crippen LogP contribution in [0.5, 0.6) is 0 Å². The third-order valence-electron chi connectivity index (χ3n) is 2.56. The van der Waals surface area contributed by atoms with E-state index >= 15 is 0 Å². The molecule has 1 aliphatic rings. The number of nitrogens with zero attached hydrogens (tertiary/aromatic N) is 3. The van der Waals surface area contributed by atoms with Gasteiger partial charge in [-0.15, -0.1) is 0 Å². The number of hydrogen-bond acceptors (Lipinski definition) is 5. The third kappa shape index (κ3) is 2.28. The zero-order valence-electron chi connectivity index (χ0n) is 8.59. The van der Waals surface area contributed by atoms with E-state index in [1.165, 1.54) is 6.42 Å². The van der Waals surface area contributed by atoms with Crippen LogP contribution >= 0.6 is 11.8 Å². The molecule has 1 saturated heterocycles. The second-order valence-electron chi connectivity index (χ2n) is 3.53. The topological polar surface area (TPSA) is 46.1 Å². The Hall–Kier alpha value is -1.10. The summed E-state index contributed by atoms with van der Waals surface area (Å²) in [5, 5.41) is 0.680. The molecule has 1 atom stereocenters. The smallest absolute Gasteiger partial charge is 0.225 e. The normalized spacial score (nSPS) is 20.6. The summed E-state index contributed by atoms with van der Waals surface area (Å²) in [7, 11) is 0. The van der Waals surface area contributed by atoms with E-state index in [4.69, 9.17) is 0 Å². The highest BCUT2D eigenvalue weighted by atomic mass is 32.2. The van der Waals surface area contributed by atoms with Crippen molar-refractivity contribution < 1.29 is 4.79 Å². The molecule has 15 heavy (non-hydrogen) atoms. The molecule has 1 fully saturated rings. The molecule has 2 rings (SSSR count). The van der Waals surface area contributed by atoms with Crippen molar-refractivity contribution in [2.45, 2.75) is 11.7 Å². The highest BCUT2D eigenvalue weighted by Crippen LogP contribution is 2.22. The van der Waals surface area contributed by atoms with Gasteiger partial charge in [0.05, 0.1) is 5.56 Å². The number of carbonyl (C=O) groups is 1. The fraction of sp³-hybridized carbons (Fsp3) is 0.500. The van der Waals surface area contributed by atoms with Gasteiger partial charge in [0, 0.05) is 30.7 Å². The minimum atomic E-state index is 0.527. The van der Waals surface area contributed by atoms with Gasteiger partial charge < -0.3 is 4.90 Å². The maximum Gasteiger partial charge on any atom is 0.225 e. The molecule has 1 unspecified atom stereocenters. The number of aldehydes is 1. The number of hydrogen-bond donors (Lipinski definition) is 0. The minimum Gasteiger partial charge on any atom is -0.340 e. The van der Waals surface area contributed by atoms with E-state index in [1.807, 2.05) is 11.8 Å². The first-order chi connectivity index (χ1) is 7.33. The molecule has 0 aromatic carbocycles. The first-order valence-electron chi connectivity index (χ1n) is 4.88. The fourth-order valence-electron chi connectivity index (χ4n) is 1.66. The number of anilines is 1. The predicted molar refractivity (Wildman–Crippen MR) is 61.6 cm³/mol. The number of thioether (sulfide) groups is 1. The Bertz CT molecular complexity index is 341. The van der Waals surface area contributed by atoms with Gasteiger partial charge in [0.2, 0.25) is 5.95 Å². The number of aromatic nitrogens is 2. The van der Waals surface area contributed by atoms with Crippen LogP contribution in [0.15, 0.2) is 12.4 Å². The van der Waals surface area contributed by atoms with Gasteiger partial charge in [0.1, 0.15) is 0 Å². The summed E-state index contributed by atoms with van der Waals surface area (Å²) >= 11 is 1.89. The molecule has 1 aromatic rings. The molecule has 0 N–H and O–H groups in total. The largest absolute Gasteiger partial charge is 0.340 e. The van der Waals surface area contributed by atoms with Gasteiger partial charge in [-0.3, -0.25) is 4.79 Å². The molecule has 2 heterocycles. The molecule has 1 aromatic heterocycles. The molecule has 4 nitrogen and oxygen atoms in total. The van der Waals surface area contributed by atoms with Gasteiger partial charge in [-0.05, 0) is 12.7 Å². The SMILES string of the molecule is CSC1CCN(c2ncc(C=O)cn2)C1. The summed E-state index contributed by atoms with van der Waals surface area (Å²) in [6, 6.07) is 0. The van der Waals surface area contributed by atoms with Gasteiger partial charge in [-0.2, -0.15) is 11.8 Å². The van der Waals surface area contributed by atoms with Crippen LogP contribution in [0.4, 0.5) is 5.95 Å². The highest BCUT2D eigenvalue weighted by Gasteiger charge is 2.23. The van der Waals surface area contributed by atoms with E-state index in [0.717, 1.165) is 25.3 Å². The Balaban J connectivity index is 2.07. The van der Waals surface area contributed by atoms with Crippen LogP contribution in [-0.4, -0.2) is 40.8 Å². The lowest BCUT2D eigenvalue weighted by Gasteiger charge is -2.15. The minimum absolute atomic E-state index is 0.527. The summed E-state index contributed by atoms with van der Waals surface area (Å²) < 4.78 is 0. The van der Waals surface area contributed by atoms with Crippen molar-refractivity contribution in [3.8, 4) is 0 Å². The highest BCUT2D eigenvalue weighted by molar-refractivity contribution is 7.99. The van der Waals surface area contributed by atoms with E-state index in [1.54, 1.807) is 12.4 Å². The number of rotatable bonds is 3. The summed E-state index contributed by atoms with van der Waals surface area (Å²) in [6.07, 6.45) is 7.21. The molecular weight excluding hydrogens is 210 g/mol. The molecule has 0 aliphatic carbocycles. The lowest BCUT2D eigenvalue weighted by molar-refractivity contribution is 0.112. The molecule has 0 bridgehead atoms. The monoisotopic (exact) mass is 223 g/mol. The fourth-order valence-corrected chi connectivity index (χ4v) is 2.33. The van der Waals surface area contributed by atoms with Gasteiger partial charge in [0.25, 0.3) is 0 Å². The van der Waals surface area contributed by atoms with E-state index in [2.05, 4.69) is 21.1 Å². The molecule has 80 valence electrons. The molecular formula is C10H13N3OS. The summed E-state index contributed by atoms with van der Waals surface area (Å²) in [5.41, 5.74) is 0.527. The van der Waals surface area contributed by atoms with E-state index in [-0.39, 0.29) is 0 Å². The van der Waals surface area contributed by atoms with Crippen molar-refractivity contribution in [2.24, 2.45) is 0 Å². The molecule has 0 saturated carbocycles. The van der Waals surface area contributed by atoms with Crippen molar-refractivity contribution in [2.75, 3.05) is 24.2 Å². The summed E-state index contributed by atoms with van der Waals surface area (Å²) in [6.45, 7) is 2.01. The van der Waals surface area contributed by atoms with Crippen LogP contribution in [0.2, 0.25) is 0 Å². The van der Waals surface area contributed by atoms with Crippen molar-refractivity contribution >= 4 is 24.0 Å². The van der Waals surface area contributed by atoms with Gasteiger partial charge in [0.15, 0.2) is 6.29 Å². The second-order valence-corrected chi connectivity index (χ2v) is 4.66. The molecule has 1 aliphatic heterocycles. The Morgan fingerprint density at radius 1 is 1.53 bits per heavy atom. The Morgan fingerprint density at radius 3 is 2.80 bits per heavy atom. The van der Waals surface area contributed by atoms with Crippen LogP contribution in [0, 0.1) is 0 Å². The standard InChI is InChI=1S/C10H13N3OS/c1-15-9-2-3-13(6-9)10-11-4-8(7-14)5-12-10/h4-5,7,9H,2-3,6H2,1H3. The molecule has 5 heteroatoms. The first-order valence-corrected chi connectivity index (χ1v) is 6.17. The molecule has 0 radical (unpaired) electrons. The van der Waals surface area contributed by atoms with Crippen molar-refractivity contribution in [1.82, 2.24) is 9.97 Å². The van der Waals surface area contributed by atoms with Crippen LogP contribution in [0.3, 0.4) is 0 Å². The van der Waals surface area contributed by atoms with Gasteiger partial charge in [-0.25, -0.2) is 9.97 Å². The maximum atomic E-state index is 10.4. The van der Waals surface area contributed by atoms with Crippen LogP contribution in [0.25, 0.3) is 0 Å². The average Bonchev–Trinajstić information content (AvgIpc) is 2.78. The van der Waals surface area contributed by atoms with Gasteiger partial charge >= 0.3 is 0 Å². The Labute approximate surface area is 93.1 Å². The lowest BCUT2D eigenvalue weighted by atomic mass is 10.4. The van der Waals surface area contributed by atoms with Crippen LogP contribution < -0.4 is 4.90 Å². The molecule has 0 spiro atoms. The Kier molecular flexibility index (Phi) is 3.20. The maximum absolute atomic E-state index is 10.4. The quantitative estimate of drug-likeness (QED) is 0.721. The van der Waals surface area contributed by atoms with Crippen LogP contribution in [-0.2, 0) is 0 Å². The zero-order valence-corrected chi connectivity index (χ0v) is 9.41. The van der Waals surface area contributed by atoms with E-state index in [9.17, 15) is 4.79 Å². The van der Waals surface area contributed by atoms with Crippen molar-refractivity contribution in [3.05, 3.63) is 18.0 Å². The van der Waals surface area contributed by atoms with E-state index < -0.39 is 0 Å². The van der Waals surface area contributed by atoms with Crippen molar-refractivity contribution in [3.63, 3.8) is 0 Å². The summed E-state index contributed by atoms with van der Waals surface area (Å²) in [5.74, 6) is 0.733. The second kappa shape index (κ2) is 4.61. The molecule has 0 amide bonds. The van der Waals surface area contributed by atoms with Gasteiger partial charge in [-0.1, -0.05) is 0 Å². The predicted octanol–water partition coefficient (Wildman–Crippen LogP) is 1.23. The van der Waals surface area contributed by atoms with Crippen LogP contribution in [0.1, 0.15) is 16.8 Å². The third-order valence-corrected chi connectivity index (χ3v) is 3.61. The zero-order chi connectivity index (χ0) is 10.7.